The maximum Gasteiger partial charge on any atom is 0.418 e. The van der Waals surface area contributed by atoms with Gasteiger partial charge in [0.2, 0.25) is 0 Å². The first-order valence-electron chi connectivity index (χ1n) is 7.63. The zero-order valence-electron chi connectivity index (χ0n) is 14.1. The van der Waals surface area contributed by atoms with Crippen LogP contribution < -0.4 is 10.9 Å². The topological polar surface area (TPSA) is 73.2 Å². The van der Waals surface area contributed by atoms with Crippen molar-refractivity contribution in [1.82, 2.24) is 9.78 Å². The van der Waals surface area contributed by atoms with E-state index in [1.807, 2.05) is 0 Å². The highest BCUT2D eigenvalue weighted by molar-refractivity contribution is 6.33. The zero-order valence-corrected chi connectivity index (χ0v) is 14.9. The lowest BCUT2D eigenvalue weighted by Crippen LogP contribution is -2.28. The summed E-state index contributed by atoms with van der Waals surface area (Å²) in [6, 6.07) is 1.37. The van der Waals surface area contributed by atoms with Crippen molar-refractivity contribution in [3.63, 3.8) is 0 Å². The standard InChI is InChI=1S/C16H14ClF4N3O3/c1-3-27-15(26)8(2)23-12-6-13(11(18)5-10(12)17)24-14(25)4-9(7-22-24)16(19,20)21/h4-8,23H,3H2,1-2H3. The minimum absolute atomic E-state index is 0.0715. The largest absolute Gasteiger partial charge is 0.464 e. The number of rotatable bonds is 5. The van der Waals surface area contributed by atoms with Crippen LogP contribution in [0.15, 0.2) is 29.2 Å². The van der Waals surface area contributed by atoms with Crippen molar-refractivity contribution in [2.45, 2.75) is 26.1 Å². The van der Waals surface area contributed by atoms with E-state index in [1.54, 1.807) is 6.92 Å². The molecule has 0 amide bonds. The number of hydrogen-bond acceptors (Lipinski definition) is 5. The fourth-order valence-corrected chi connectivity index (χ4v) is 2.32. The smallest absolute Gasteiger partial charge is 0.418 e. The molecule has 0 saturated carbocycles. The molecule has 0 saturated heterocycles. The van der Waals surface area contributed by atoms with Crippen LogP contribution in [-0.2, 0) is 15.7 Å². The van der Waals surface area contributed by atoms with Gasteiger partial charge in [-0.3, -0.25) is 4.79 Å². The Balaban J connectivity index is 2.44. The molecular weight excluding hydrogens is 394 g/mol. The van der Waals surface area contributed by atoms with Gasteiger partial charge in [-0.1, -0.05) is 11.6 Å². The van der Waals surface area contributed by atoms with E-state index in [-0.39, 0.29) is 17.3 Å². The fraction of sp³-hybridized carbons (Fsp3) is 0.312. The van der Waals surface area contributed by atoms with Gasteiger partial charge in [0.15, 0.2) is 5.82 Å². The Labute approximate surface area is 155 Å². The molecule has 0 aliphatic rings. The number of anilines is 1. The number of esters is 1. The van der Waals surface area contributed by atoms with E-state index < -0.39 is 40.8 Å². The summed E-state index contributed by atoms with van der Waals surface area (Å²) in [5.74, 6) is -1.58. The first-order chi connectivity index (χ1) is 12.5. The summed E-state index contributed by atoms with van der Waals surface area (Å²) in [6.07, 6.45) is -4.35. The predicted octanol–water partition coefficient (Wildman–Crippen LogP) is 3.41. The molecule has 0 bridgehead atoms. The highest BCUT2D eigenvalue weighted by Crippen LogP contribution is 2.29. The van der Waals surface area contributed by atoms with Crippen LogP contribution >= 0.6 is 11.6 Å². The van der Waals surface area contributed by atoms with Gasteiger partial charge in [0.1, 0.15) is 11.7 Å². The minimum atomic E-state index is -4.76. The molecule has 2 aromatic rings. The number of carbonyl (C=O) groups is 1. The van der Waals surface area contributed by atoms with E-state index in [9.17, 15) is 27.2 Å². The Morgan fingerprint density at radius 3 is 2.59 bits per heavy atom. The van der Waals surface area contributed by atoms with Crippen LogP contribution in [0.4, 0.5) is 23.2 Å². The van der Waals surface area contributed by atoms with Crippen molar-refractivity contribution >= 4 is 23.3 Å². The number of alkyl halides is 3. The van der Waals surface area contributed by atoms with Crippen LogP contribution in [0.2, 0.25) is 5.02 Å². The van der Waals surface area contributed by atoms with E-state index in [1.165, 1.54) is 6.92 Å². The van der Waals surface area contributed by atoms with Crippen LogP contribution in [-0.4, -0.2) is 28.4 Å². The molecule has 0 aliphatic heterocycles. The van der Waals surface area contributed by atoms with Gasteiger partial charge in [-0.25, -0.2) is 9.18 Å². The average Bonchev–Trinajstić information content (AvgIpc) is 2.57. The van der Waals surface area contributed by atoms with Crippen molar-refractivity contribution in [3.8, 4) is 5.69 Å². The van der Waals surface area contributed by atoms with Crippen molar-refractivity contribution in [2.75, 3.05) is 11.9 Å². The molecule has 0 aliphatic carbocycles. The molecule has 1 N–H and O–H groups in total. The SMILES string of the molecule is CCOC(=O)C(C)Nc1cc(-n2ncc(C(F)(F)F)cc2=O)c(F)cc1Cl. The van der Waals surface area contributed by atoms with Gasteiger partial charge in [-0.05, 0) is 26.0 Å². The van der Waals surface area contributed by atoms with Crippen molar-refractivity contribution < 1.29 is 27.1 Å². The van der Waals surface area contributed by atoms with Gasteiger partial charge < -0.3 is 10.1 Å². The van der Waals surface area contributed by atoms with E-state index >= 15 is 0 Å². The molecule has 0 fully saturated rings. The van der Waals surface area contributed by atoms with Gasteiger partial charge in [0, 0.05) is 6.07 Å². The lowest BCUT2D eigenvalue weighted by Gasteiger charge is -2.17. The van der Waals surface area contributed by atoms with Crippen molar-refractivity contribution in [3.05, 3.63) is 51.2 Å². The molecule has 2 rings (SSSR count). The molecule has 0 spiro atoms. The number of halogens is 5. The Morgan fingerprint density at radius 2 is 2.04 bits per heavy atom. The van der Waals surface area contributed by atoms with Crippen LogP contribution in [0.5, 0.6) is 0 Å². The zero-order chi connectivity index (χ0) is 20.4. The number of aromatic nitrogens is 2. The number of nitrogens with zero attached hydrogens (tertiary/aromatic N) is 2. The highest BCUT2D eigenvalue weighted by atomic mass is 35.5. The maximum absolute atomic E-state index is 14.2. The molecule has 1 unspecified atom stereocenters. The summed E-state index contributed by atoms with van der Waals surface area (Å²) >= 11 is 5.93. The molecular formula is C16H14ClF4N3O3. The van der Waals surface area contributed by atoms with Gasteiger partial charge >= 0.3 is 12.1 Å². The van der Waals surface area contributed by atoms with E-state index in [0.29, 0.717) is 16.9 Å². The Kier molecular flexibility index (Phi) is 6.09. The lowest BCUT2D eigenvalue weighted by atomic mass is 10.2. The molecule has 27 heavy (non-hydrogen) atoms. The van der Waals surface area contributed by atoms with Gasteiger partial charge in [0.25, 0.3) is 5.56 Å². The summed E-state index contributed by atoms with van der Waals surface area (Å²) in [4.78, 5) is 23.6. The number of nitrogens with one attached hydrogen (secondary N) is 1. The minimum Gasteiger partial charge on any atom is -0.464 e. The molecule has 1 heterocycles. The third-order valence-corrected chi connectivity index (χ3v) is 3.72. The molecule has 146 valence electrons. The number of carbonyl (C=O) groups excluding carboxylic acids is 1. The Bertz CT molecular complexity index is 915. The Hall–Kier alpha value is -2.62. The predicted molar refractivity (Wildman–Crippen MR) is 89.5 cm³/mol. The van der Waals surface area contributed by atoms with Gasteiger partial charge in [-0.15, -0.1) is 0 Å². The van der Waals surface area contributed by atoms with Gasteiger partial charge in [0.05, 0.1) is 29.1 Å². The monoisotopic (exact) mass is 407 g/mol. The van der Waals surface area contributed by atoms with Crippen LogP contribution in [0.1, 0.15) is 19.4 Å². The number of ether oxygens (including phenoxy) is 1. The summed E-state index contributed by atoms with van der Waals surface area (Å²) in [5.41, 5.74) is -2.80. The van der Waals surface area contributed by atoms with Crippen LogP contribution in [0.25, 0.3) is 5.69 Å². The summed E-state index contributed by atoms with van der Waals surface area (Å²) in [7, 11) is 0. The summed E-state index contributed by atoms with van der Waals surface area (Å²) < 4.78 is 57.4. The van der Waals surface area contributed by atoms with E-state index in [2.05, 4.69) is 10.4 Å². The van der Waals surface area contributed by atoms with Crippen molar-refractivity contribution in [1.29, 1.82) is 0 Å². The van der Waals surface area contributed by atoms with Gasteiger partial charge in [-0.2, -0.15) is 23.0 Å². The summed E-state index contributed by atoms with van der Waals surface area (Å²) in [6.45, 7) is 3.24. The molecule has 1 atom stereocenters. The third kappa shape index (κ3) is 4.76. The quantitative estimate of drug-likeness (QED) is 0.607. The second-order valence-corrected chi connectivity index (χ2v) is 5.80. The third-order valence-electron chi connectivity index (χ3n) is 3.40. The number of benzene rings is 1. The second kappa shape index (κ2) is 7.95. The second-order valence-electron chi connectivity index (χ2n) is 5.39. The lowest BCUT2D eigenvalue weighted by molar-refractivity contribution is -0.143. The Morgan fingerprint density at radius 1 is 1.37 bits per heavy atom. The molecule has 0 radical (unpaired) electrons. The fourth-order valence-electron chi connectivity index (χ4n) is 2.11. The van der Waals surface area contributed by atoms with E-state index in [0.717, 1.165) is 12.1 Å². The highest BCUT2D eigenvalue weighted by Gasteiger charge is 2.32. The molecule has 1 aromatic heterocycles. The first kappa shape index (κ1) is 20.7. The average molecular weight is 408 g/mol. The van der Waals surface area contributed by atoms with E-state index in [4.69, 9.17) is 16.3 Å². The van der Waals surface area contributed by atoms with Crippen molar-refractivity contribution in [2.24, 2.45) is 0 Å². The molecule has 6 nitrogen and oxygen atoms in total. The molecule has 11 heteroatoms. The molecule has 1 aromatic carbocycles. The van der Waals surface area contributed by atoms with Crippen LogP contribution in [0.3, 0.4) is 0 Å². The number of hydrogen-bond donors (Lipinski definition) is 1. The first-order valence-corrected chi connectivity index (χ1v) is 8.01. The maximum atomic E-state index is 14.2. The van der Waals surface area contributed by atoms with Crippen LogP contribution in [0, 0.1) is 5.82 Å². The summed E-state index contributed by atoms with van der Waals surface area (Å²) in [5, 5.41) is 5.96. The normalized spacial score (nSPS) is 12.6.